The van der Waals surface area contributed by atoms with Gasteiger partial charge in [-0.05, 0) is 48.0 Å². The van der Waals surface area contributed by atoms with E-state index in [2.05, 4.69) is 6.07 Å². The summed E-state index contributed by atoms with van der Waals surface area (Å²) in [5.41, 5.74) is 5.04. The lowest BCUT2D eigenvalue weighted by Crippen LogP contribution is -2.05. The molecule has 49 heavy (non-hydrogen) atoms. The van der Waals surface area contributed by atoms with E-state index in [1.165, 1.54) is 12.1 Å². The van der Waals surface area contributed by atoms with Crippen LogP contribution in [0, 0.1) is 11.3 Å². The summed E-state index contributed by atoms with van der Waals surface area (Å²) >= 11 is 0. The third-order valence-corrected chi connectivity index (χ3v) is 8.54. The van der Waals surface area contributed by atoms with Gasteiger partial charge < -0.3 is 4.57 Å². The van der Waals surface area contributed by atoms with Crippen LogP contribution in [0.15, 0.2) is 146 Å². The maximum Gasteiger partial charge on any atom is 0.416 e. The second kappa shape index (κ2) is 11.9. The van der Waals surface area contributed by atoms with E-state index < -0.39 is 11.7 Å². The Hall–Kier alpha value is -6.59. The van der Waals surface area contributed by atoms with Crippen molar-refractivity contribution in [2.45, 2.75) is 6.18 Å². The molecule has 0 spiro atoms. The third-order valence-electron chi connectivity index (χ3n) is 8.54. The van der Waals surface area contributed by atoms with E-state index >= 15 is 0 Å². The van der Waals surface area contributed by atoms with Crippen molar-refractivity contribution in [3.8, 4) is 57.0 Å². The van der Waals surface area contributed by atoms with E-state index in [9.17, 15) is 18.4 Å². The van der Waals surface area contributed by atoms with Crippen LogP contribution in [0.25, 0.3) is 72.8 Å². The fourth-order valence-electron chi connectivity index (χ4n) is 6.26. The molecule has 8 aromatic rings. The molecule has 0 saturated carbocycles. The molecule has 6 aromatic carbocycles. The zero-order chi connectivity index (χ0) is 33.5. The van der Waals surface area contributed by atoms with Crippen LogP contribution in [0.3, 0.4) is 0 Å². The Labute approximate surface area is 279 Å². The first kappa shape index (κ1) is 29.8. The number of fused-ring (bicyclic) bond motifs is 3. The zero-order valence-electron chi connectivity index (χ0n) is 25.7. The van der Waals surface area contributed by atoms with Crippen LogP contribution in [0.5, 0.6) is 0 Å². The molecule has 8 heteroatoms. The summed E-state index contributed by atoms with van der Waals surface area (Å²) in [6.45, 7) is 0. The first-order valence-electron chi connectivity index (χ1n) is 15.5. The van der Waals surface area contributed by atoms with E-state index in [0.717, 1.165) is 28.1 Å². The summed E-state index contributed by atoms with van der Waals surface area (Å²) in [6, 6.07) is 45.8. The lowest BCUT2D eigenvalue weighted by atomic mass is 9.94. The topological polar surface area (TPSA) is 67.4 Å². The van der Waals surface area contributed by atoms with Gasteiger partial charge >= 0.3 is 6.18 Å². The Bertz CT molecular complexity index is 2490. The second-order valence-electron chi connectivity index (χ2n) is 11.5. The first-order chi connectivity index (χ1) is 23.9. The predicted molar refractivity (Wildman–Crippen MR) is 186 cm³/mol. The SMILES string of the molecule is N#Cc1ccccc1-c1cc(-n2c3ccccc3c3ccc(C(F)(F)F)cc32)ccc1-c1nc(-c2ccccc2)nc(-c2ccccc2)n1. The molecule has 0 aliphatic carbocycles. The van der Waals surface area contributed by atoms with Crippen LogP contribution in [-0.4, -0.2) is 19.5 Å². The van der Waals surface area contributed by atoms with Crippen LogP contribution in [-0.2, 0) is 6.18 Å². The van der Waals surface area contributed by atoms with Gasteiger partial charge in [-0.3, -0.25) is 0 Å². The van der Waals surface area contributed by atoms with Gasteiger partial charge in [0.05, 0.1) is 28.2 Å². The summed E-state index contributed by atoms with van der Waals surface area (Å²) in [4.78, 5) is 14.7. The van der Waals surface area contributed by atoms with E-state index in [-0.39, 0.29) is 0 Å². The molecular weight excluding hydrogens is 619 g/mol. The standard InChI is InChI=1S/C41H24F3N5/c42-41(43,44)29-19-21-33-32-17-9-10-18-36(32)49(37(33)23-29)30-20-22-34(35(24-30)31-16-8-7-15-28(31)25-45)40-47-38(26-11-3-1-4-12-26)46-39(48-40)27-13-5-2-6-14-27/h1-24H. The van der Waals surface area contributed by atoms with Crippen LogP contribution in [0.1, 0.15) is 11.1 Å². The fraction of sp³-hybridized carbons (Fsp3) is 0.0244. The molecule has 234 valence electrons. The number of aromatic nitrogens is 4. The Kier molecular flexibility index (Phi) is 7.23. The average Bonchev–Trinajstić information content (AvgIpc) is 3.48. The number of hydrogen-bond donors (Lipinski definition) is 0. The molecule has 2 heterocycles. The molecule has 0 aliphatic heterocycles. The monoisotopic (exact) mass is 643 g/mol. The second-order valence-corrected chi connectivity index (χ2v) is 11.5. The molecule has 0 fully saturated rings. The quantitative estimate of drug-likeness (QED) is 0.187. The predicted octanol–water partition coefficient (Wildman–Crippen LogP) is 10.5. The highest BCUT2D eigenvalue weighted by Gasteiger charge is 2.31. The van der Waals surface area contributed by atoms with Crippen molar-refractivity contribution in [2.75, 3.05) is 0 Å². The lowest BCUT2D eigenvalue weighted by Gasteiger charge is -2.16. The van der Waals surface area contributed by atoms with Crippen molar-refractivity contribution in [1.82, 2.24) is 19.5 Å². The lowest BCUT2D eigenvalue weighted by molar-refractivity contribution is -0.137. The van der Waals surface area contributed by atoms with E-state index in [1.54, 1.807) is 12.1 Å². The number of rotatable bonds is 5. The number of nitrogens with zero attached hydrogens (tertiary/aromatic N) is 5. The van der Waals surface area contributed by atoms with Crippen molar-refractivity contribution < 1.29 is 13.2 Å². The maximum atomic E-state index is 14.0. The highest BCUT2D eigenvalue weighted by molar-refractivity contribution is 6.09. The molecule has 0 bridgehead atoms. The van der Waals surface area contributed by atoms with Gasteiger partial charge in [0.1, 0.15) is 0 Å². The van der Waals surface area contributed by atoms with Crippen LogP contribution in [0.2, 0.25) is 0 Å². The zero-order valence-corrected chi connectivity index (χ0v) is 25.7. The molecule has 0 saturated heterocycles. The van der Waals surface area contributed by atoms with E-state index in [4.69, 9.17) is 15.0 Å². The molecule has 0 N–H and O–H groups in total. The number of alkyl halides is 3. The summed E-state index contributed by atoms with van der Waals surface area (Å²) in [7, 11) is 0. The number of hydrogen-bond acceptors (Lipinski definition) is 4. The van der Waals surface area contributed by atoms with Crippen LogP contribution < -0.4 is 0 Å². The molecular formula is C41H24F3N5. The summed E-state index contributed by atoms with van der Waals surface area (Å²) < 4.78 is 43.7. The van der Waals surface area contributed by atoms with Crippen LogP contribution in [0.4, 0.5) is 13.2 Å². The minimum atomic E-state index is -4.51. The fourth-order valence-corrected chi connectivity index (χ4v) is 6.26. The summed E-state index contributed by atoms with van der Waals surface area (Å²) in [5, 5.41) is 11.7. The Morgan fingerprint density at radius 3 is 1.78 bits per heavy atom. The van der Waals surface area contributed by atoms with Gasteiger partial charge in [-0.25, -0.2) is 15.0 Å². The Morgan fingerprint density at radius 2 is 1.10 bits per heavy atom. The number of benzene rings is 6. The molecule has 0 atom stereocenters. The molecule has 2 aromatic heterocycles. The number of para-hydroxylation sites is 1. The summed E-state index contributed by atoms with van der Waals surface area (Å²) in [6.07, 6.45) is -4.51. The van der Waals surface area contributed by atoms with E-state index in [0.29, 0.717) is 56.3 Å². The van der Waals surface area contributed by atoms with Gasteiger partial charge in [0.25, 0.3) is 0 Å². The minimum Gasteiger partial charge on any atom is -0.309 e. The van der Waals surface area contributed by atoms with Gasteiger partial charge in [-0.1, -0.05) is 103 Å². The van der Waals surface area contributed by atoms with Crippen LogP contribution >= 0.6 is 0 Å². The summed E-state index contributed by atoms with van der Waals surface area (Å²) in [5.74, 6) is 1.36. The Balaban J connectivity index is 1.42. The molecule has 5 nitrogen and oxygen atoms in total. The smallest absolute Gasteiger partial charge is 0.309 e. The van der Waals surface area contributed by atoms with Crippen molar-refractivity contribution in [3.05, 3.63) is 157 Å². The molecule has 0 aliphatic rings. The largest absolute Gasteiger partial charge is 0.416 e. The van der Waals surface area contributed by atoms with Gasteiger partial charge in [0.2, 0.25) is 0 Å². The molecule has 0 unspecified atom stereocenters. The van der Waals surface area contributed by atoms with E-state index in [1.807, 2.05) is 120 Å². The molecule has 8 rings (SSSR count). The van der Waals surface area contributed by atoms with Gasteiger partial charge in [-0.2, -0.15) is 18.4 Å². The van der Waals surface area contributed by atoms with Crippen molar-refractivity contribution in [2.24, 2.45) is 0 Å². The molecule has 0 radical (unpaired) electrons. The maximum absolute atomic E-state index is 14.0. The van der Waals surface area contributed by atoms with Gasteiger partial charge in [0, 0.05) is 38.7 Å². The Morgan fingerprint density at radius 1 is 0.510 bits per heavy atom. The van der Waals surface area contributed by atoms with Crippen molar-refractivity contribution >= 4 is 21.8 Å². The number of halogens is 3. The normalized spacial score (nSPS) is 11.6. The van der Waals surface area contributed by atoms with Crippen molar-refractivity contribution in [1.29, 1.82) is 5.26 Å². The third kappa shape index (κ3) is 5.37. The average molecular weight is 644 g/mol. The number of nitriles is 1. The van der Waals surface area contributed by atoms with Gasteiger partial charge in [-0.15, -0.1) is 0 Å². The first-order valence-corrected chi connectivity index (χ1v) is 15.5. The minimum absolute atomic E-state index is 0.392. The highest BCUT2D eigenvalue weighted by Crippen LogP contribution is 2.40. The molecule has 0 amide bonds. The highest BCUT2D eigenvalue weighted by atomic mass is 19.4. The van der Waals surface area contributed by atoms with Crippen molar-refractivity contribution in [3.63, 3.8) is 0 Å². The van der Waals surface area contributed by atoms with Gasteiger partial charge in [0.15, 0.2) is 17.5 Å².